The number of aryl methyl sites for hydroxylation is 1. The lowest BCUT2D eigenvalue weighted by atomic mass is 10.1. The van der Waals surface area contributed by atoms with Crippen LogP contribution in [0.3, 0.4) is 0 Å². The fourth-order valence-electron chi connectivity index (χ4n) is 2.28. The lowest BCUT2D eigenvalue weighted by Crippen LogP contribution is -2.35. The van der Waals surface area contributed by atoms with Crippen molar-refractivity contribution < 1.29 is 23.1 Å². The third-order valence-electron chi connectivity index (χ3n) is 3.44. The second-order valence-corrected chi connectivity index (χ2v) is 7.40. The zero-order valence-electron chi connectivity index (χ0n) is 11.4. The highest BCUT2D eigenvalue weighted by molar-refractivity contribution is 7.91. The summed E-state index contributed by atoms with van der Waals surface area (Å²) in [5, 5.41) is 11.5. The minimum absolute atomic E-state index is 0.0199. The normalized spacial score (nSPS) is 20.1. The van der Waals surface area contributed by atoms with E-state index in [1.165, 1.54) is 12.1 Å². The Hall–Kier alpha value is -1.89. The Bertz CT molecular complexity index is 636. The van der Waals surface area contributed by atoms with Gasteiger partial charge in [-0.15, -0.1) is 0 Å². The molecule has 6 nitrogen and oxygen atoms in total. The van der Waals surface area contributed by atoms with Crippen LogP contribution in [0.25, 0.3) is 0 Å². The van der Waals surface area contributed by atoms with Gasteiger partial charge in [0.15, 0.2) is 9.84 Å². The van der Waals surface area contributed by atoms with Crippen molar-refractivity contribution in [1.82, 2.24) is 5.32 Å². The second-order valence-electron chi connectivity index (χ2n) is 5.17. The van der Waals surface area contributed by atoms with Crippen molar-refractivity contribution in [3.8, 4) is 0 Å². The van der Waals surface area contributed by atoms with E-state index < -0.39 is 15.8 Å². The van der Waals surface area contributed by atoms with Gasteiger partial charge in [-0.05, 0) is 30.5 Å². The summed E-state index contributed by atoms with van der Waals surface area (Å²) >= 11 is 0. The number of benzene rings is 1. The first-order chi connectivity index (χ1) is 9.85. The Morgan fingerprint density at radius 1 is 1.24 bits per heavy atom. The summed E-state index contributed by atoms with van der Waals surface area (Å²) in [5.74, 6) is -1.01. The maximum atomic E-state index is 11.8. The van der Waals surface area contributed by atoms with E-state index in [2.05, 4.69) is 5.32 Å². The summed E-state index contributed by atoms with van der Waals surface area (Å²) < 4.78 is 22.6. The van der Waals surface area contributed by atoms with E-state index in [9.17, 15) is 18.0 Å². The van der Waals surface area contributed by atoms with E-state index in [0.29, 0.717) is 12.8 Å². The second kappa shape index (κ2) is 6.26. The van der Waals surface area contributed by atoms with Gasteiger partial charge in [0.05, 0.1) is 17.1 Å². The molecule has 1 heterocycles. The number of rotatable bonds is 5. The minimum atomic E-state index is -2.99. The van der Waals surface area contributed by atoms with E-state index in [0.717, 1.165) is 5.56 Å². The number of carbonyl (C=O) groups is 2. The van der Waals surface area contributed by atoms with Crippen LogP contribution in [-0.2, 0) is 21.1 Å². The van der Waals surface area contributed by atoms with Gasteiger partial charge < -0.3 is 10.4 Å². The highest BCUT2D eigenvalue weighted by Crippen LogP contribution is 2.12. The summed E-state index contributed by atoms with van der Waals surface area (Å²) in [6, 6.07) is 6.07. The van der Waals surface area contributed by atoms with Gasteiger partial charge in [-0.2, -0.15) is 0 Å². The molecule has 0 aliphatic carbocycles. The van der Waals surface area contributed by atoms with Crippen LogP contribution in [0.15, 0.2) is 24.3 Å². The SMILES string of the molecule is O=C(CCc1ccc(C(=O)O)cc1)N[C@H]1CCS(=O)(=O)C1. The van der Waals surface area contributed by atoms with Crippen LogP contribution in [0.4, 0.5) is 0 Å². The van der Waals surface area contributed by atoms with Crippen LogP contribution < -0.4 is 5.32 Å². The number of hydrogen-bond donors (Lipinski definition) is 2. The van der Waals surface area contributed by atoms with Gasteiger partial charge in [0.25, 0.3) is 0 Å². The number of hydrogen-bond acceptors (Lipinski definition) is 4. The molecule has 21 heavy (non-hydrogen) atoms. The highest BCUT2D eigenvalue weighted by atomic mass is 32.2. The molecule has 1 aliphatic rings. The Balaban J connectivity index is 1.80. The van der Waals surface area contributed by atoms with E-state index in [-0.39, 0.29) is 35.4 Å². The first-order valence-electron chi connectivity index (χ1n) is 6.68. The molecule has 7 heteroatoms. The molecule has 2 rings (SSSR count). The van der Waals surface area contributed by atoms with Crippen molar-refractivity contribution in [3.63, 3.8) is 0 Å². The van der Waals surface area contributed by atoms with Crippen molar-refractivity contribution in [2.45, 2.75) is 25.3 Å². The maximum absolute atomic E-state index is 11.8. The van der Waals surface area contributed by atoms with E-state index in [1.807, 2.05) is 0 Å². The van der Waals surface area contributed by atoms with Gasteiger partial charge in [0.2, 0.25) is 5.91 Å². The van der Waals surface area contributed by atoms with Crippen molar-refractivity contribution in [2.75, 3.05) is 11.5 Å². The Labute approximate surface area is 123 Å². The summed E-state index contributed by atoms with van der Waals surface area (Å²) in [6.07, 6.45) is 1.22. The zero-order valence-corrected chi connectivity index (χ0v) is 12.2. The third kappa shape index (κ3) is 4.56. The number of amides is 1. The van der Waals surface area contributed by atoms with Crippen LogP contribution in [-0.4, -0.2) is 42.9 Å². The summed E-state index contributed by atoms with van der Waals surface area (Å²) in [6.45, 7) is 0. The molecule has 1 saturated heterocycles. The largest absolute Gasteiger partial charge is 0.478 e. The topological polar surface area (TPSA) is 101 Å². The van der Waals surface area contributed by atoms with Crippen molar-refractivity contribution in [3.05, 3.63) is 35.4 Å². The fourth-order valence-corrected chi connectivity index (χ4v) is 3.95. The Morgan fingerprint density at radius 3 is 2.43 bits per heavy atom. The summed E-state index contributed by atoms with van der Waals surface area (Å²) in [4.78, 5) is 22.5. The van der Waals surface area contributed by atoms with Crippen molar-refractivity contribution >= 4 is 21.7 Å². The molecule has 0 aromatic heterocycles. The molecule has 114 valence electrons. The molecule has 0 radical (unpaired) electrons. The molecule has 0 bridgehead atoms. The van der Waals surface area contributed by atoms with Gasteiger partial charge in [0.1, 0.15) is 0 Å². The number of carboxylic acid groups (broad SMARTS) is 1. The molecule has 1 amide bonds. The molecule has 0 saturated carbocycles. The monoisotopic (exact) mass is 311 g/mol. The smallest absolute Gasteiger partial charge is 0.335 e. The number of carbonyl (C=O) groups excluding carboxylic acids is 1. The molecule has 1 fully saturated rings. The fraction of sp³-hybridized carbons (Fsp3) is 0.429. The Kier molecular flexibility index (Phi) is 4.62. The maximum Gasteiger partial charge on any atom is 0.335 e. The first kappa shape index (κ1) is 15.5. The van der Waals surface area contributed by atoms with Gasteiger partial charge in [0, 0.05) is 12.5 Å². The summed E-state index contributed by atoms with van der Waals surface area (Å²) in [5.41, 5.74) is 1.08. The minimum Gasteiger partial charge on any atom is -0.478 e. The lowest BCUT2D eigenvalue weighted by Gasteiger charge is -2.10. The average molecular weight is 311 g/mol. The van der Waals surface area contributed by atoms with E-state index in [4.69, 9.17) is 5.11 Å². The third-order valence-corrected chi connectivity index (χ3v) is 5.21. The zero-order chi connectivity index (χ0) is 15.5. The first-order valence-corrected chi connectivity index (χ1v) is 8.50. The van der Waals surface area contributed by atoms with Crippen LogP contribution in [0, 0.1) is 0 Å². The van der Waals surface area contributed by atoms with Crippen LogP contribution in [0.2, 0.25) is 0 Å². The number of aromatic carboxylic acids is 1. The number of nitrogens with one attached hydrogen (secondary N) is 1. The molecule has 1 aliphatic heterocycles. The molecular formula is C14H17NO5S. The standard InChI is InChI=1S/C14H17NO5S/c16-13(15-12-7-8-21(19,20)9-12)6-3-10-1-4-11(5-2-10)14(17)18/h1-2,4-5,12H,3,6-9H2,(H,15,16)(H,17,18)/t12-/m0/s1. The summed E-state index contributed by atoms with van der Waals surface area (Å²) in [7, 11) is -2.99. The number of sulfone groups is 1. The molecule has 1 atom stereocenters. The molecule has 1 aromatic rings. The number of carboxylic acids is 1. The predicted octanol–water partition coefficient (Wildman–Crippen LogP) is 0.621. The molecule has 0 spiro atoms. The van der Waals surface area contributed by atoms with Crippen LogP contribution in [0.1, 0.15) is 28.8 Å². The predicted molar refractivity (Wildman–Crippen MR) is 76.9 cm³/mol. The van der Waals surface area contributed by atoms with E-state index >= 15 is 0 Å². The van der Waals surface area contributed by atoms with Crippen LogP contribution in [0.5, 0.6) is 0 Å². The highest BCUT2D eigenvalue weighted by Gasteiger charge is 2.28. The molecule has 2 N–H and O–H groups in total. The molecule has 0 unspecified atom stereocenters. The molecule has 1 aromatic carbocycles. The van der Waals surface area contributed by atoms with Crippen LogP contribution >= 0.6 is 0 Å². The average Bonchev–Trinajstić information content (AvgIpc) is 2.76. The van der Waals surface area contributed by atoms with Gasteiger partial charge in [-0.3, -0.25) is 4.79 Å². The van der Waals surface area contributed by atoms with E-state index in [1.54, 1.807) is 12.1 Å². The molecular weight excluding hydrogens is 294 g/mol. The van der Waals surface area contributed by atoms with Gasteiger partial charge >= 0.3 is 5.97 Å². The van der Waals surface area contributed by atoms with Crippen molar-refractivity contribution in [2.24, 2.45) is 0 Å². The lowest BCUT2D eigenvalue weighted by molar-refractivity contribution is -0.121. The van der Waals surface area contributed by atoms with Gasteiger partial charge in [-0.1, -0.05) is 12.1 Å². The Morgan fingerprint density at radius 2 is 1.90 bits per heavy atom. The van der Waals surface area contributed by atoms with Crippen molar-refractivity contribution in [1.29, 1.82) is 0 Å². The quantitative estimate of drug-likeness (QED) is 0.830. The van der Waals surface area contributed by atoms with Gasteiger partial charge in [-0.25, -0.2) is 13.2 Å².